The number of hydrogen-bond acceptors (Lipinski definition) is 4. The number of para-hydroxylation sites is 2. The quantitative estimate of drug-likeness (QED) is 0.261. The second kappa shape index (κ2) is 9.97. The maximum absolute atomic E-state index is 6.46. The number of benzene rings is 3. The number of pyridine rings is 1. The Hall–Kier alpha value is -3.50. The maximum Gasteiger partial charge on any atom is 0.132 e. The lowest BCUT2D eigenvalue weighted by molar-refractivity contribution is 0.900. The van der Waals surface area contributed by atoms with Crippen molar-refractivity contribution in [3.05, 3.63) is 95.1 Å². The van der Waals surface area contributed by atoms with Crippen LogP contribution in [0.2, 0.25) is 5.02 Å². The molecule has 0 bridgehead atoms. The highest BCUT2D eigenvalue weighted by Gasteiger charge is 2.09. The first-order chi connectivity index (χ1) is 15.9. The Kier molecular flexibility index (Phi) is 6.85. The van der Waals surface area contributed by atoms with E-state index in [1.807, 2.05) is 24.3 Å². The first-order valence-corrected chi connectivity index (χ1v) is 11.5. The molecule has 4 aromatic rings. The number of anilines is 5. The molecule has 0 aliphatic rings. The van der Waals surface area contributed by atoms with Crippen LogP contribution in [-0.4, -0.2) is 11.0 Å². The van der Waals surface area contributed by atoms with E-state index in [4.69, 9.17) is 11.6 Å². The minimum Gasteiger partial charge on any atom is -0.381 e. The summed E-state index contributed by atoms with van der Waals surface area (Å²) in [6, 6.07) is 25.3. The Balaban J connectivity index is 1.56. The van der Waals surface area contributed by atoms with Gasteiger partial charge < -0.3 is 16.0 Å². The summed E-state index contributed by atoms with van der Waals surface area (Å²) >= 11 is 6.46. The molecule has 168 valence electrons. The first kappa shape index (κ1) is 22.7. The third-order valence-corrected chi connectivity index (χ3v) is 5.63. The van der Waals surface area contributed by atoms with Crippen LogP contribution in [0.4, 0.5) is 28.6 Å². The largest absolute Gasteiger partial charge is 0.381 e. The minimum absolute atomic E-state index is 0.323. The number of aromatic nitrogens is 1. The minimum atomic E-state index is 0.323. The van der Waals surface area contributed by atoms with E-state index < -0.39 is 0 Å². The zero-order chi connectivity index (χ0) is 23.4. The average molecular weight is 457 g/mol. The van der Waals surface area contributed by atoms with Gasteiger partial charge in [0.25, 0.3) is 0 Å². The van der Waals surface area contributed by atoms with Crippen LogP contribution in [0.25, 0.3) is 11.1 Å². The molecule has 0 unspecified atom stereocenters. The molecule has 3 aromatic carbocycles. The fraction of sp³-hybridized carbons (Fsp3) is 0.179. The third-order valence-electron chi connectivity index (χ3n) is 5.32. The molecule has 0 aliphatic carbocycles. The number of nitrogens with one attached hydrogen (secondary N) is 3. The first-order valence-electron chi connectivity index (χ1n) is 11.1. The third kappa shape index (κ3) is 5.65. The summed E-state index contributed by atoms with van der Waals surface area (Å²) < 4.78 is 0. The Morgan fingerprint density at radius 3 is 2.30 bits per heavy atom. The molecule has 0 radical (unpaired) electrons. The van der Waals surface area contributed by atoms with Crippen molar-refractivity contribution in [1.29, 1.82) is 0 Å². The lowest BCUT2D eigenvalue weighted by Crippen LogP contribution is -2.11. The molecule has 5 heteroatoms. The Bertz CT molecular complexity index is 1270. The molecule has 4 rings (SSSR count). The fourth-order valence-electron chi connectivity index (χ4n) is 3.80. The summed E-state index contributed by atoms with van der Waals surface area (Å²) in [7, 11) is 0. The summed E-state index contributed by atoms with van der Waals surface area (Å²) in [6.07, 6.45) is 1.67. The highest BCUT2D eigenvalue weighted by atomic mass is 35.5. The van der Waals surface area contributed by atoms with Gasteiger partial charge >= 0.3 is 0 Å². The van der Waals surface area contributed by atoms with E-state index in [-0.39, 0.29) is 0 Å². The molecule has 0 saturated heterocycles. The van der Waals surface area contributed by atoms with Crippen LogP contribution >= 0.6 is 11.6 Å². The van der Waals surface area contributed by atoms with Crippen molar-refractivity contribution in [3.63, 3.8) is 0 Å². The predicted octanol–water partition coefficient (Wildman–Crippen LogP) is 8.33. The van der Waals surface area contributed by atoms with Gasteiger partial charge in [0.1, 0.15) is 5.82 Å². The molecular formula is C28H29ClN4. The summed E-state index contributed by atoms with van der Waals surface area (Å²) in [6.45, 7) is 8.47. The predicted molar refractivity (Wildman–Crippen MR) is 142 cm³/mol. The van der Waals surface area contributed by atoms with Gasteiger partial charge in [0, 0.05) is 17.8 Å². The summed E-state index contributed by atoms with van der Waals surface area (Å²) in [5, 5.41) is 10.9. The molecule has 3 N–H and O–H groups in total. The summed E-state index contributed by atoms with van der Waals surface area (Å²) in [5.41, 5.74) is 8.66. The standard InChI is InChI=1S/C28H29ClN4/c1-18(2)31-25-10-5-6-11-26(25)33-27-16-28(30-17-24(27)29)32-22-12-13-23(20(4)15-22)21-9-7-8-19(3)14-21/h5-18,31H,1-4H3,(H2,30,32,33). The van der Waals surface area contributed by atoms with Crippen molar-refractivity contribution in [3.8, 4) is 11.1 Å². The molecular weight excluding hydrogens is 428 g/mol. The number of nitrogens with zero attached hydrogens (tertiary/aromatic N) is 1. The van der Waals surface area contributed by atoms with Gasteiger partial charge in [-0.1, -0.05) is 59.6 Å². The number of rotatable bonds is 7. The van der Waals surface area contributed by atoms with Gasteiger partial charge in [0.15, 0.2) is 0 Å². The van der Waals surface area contributed by atoms with Crippen LogP contribution in [0, 0.1) is 13.8 Å². The smallest absolute Gasteiger partial charge is 0.132 e. The van der Waals surface area contributed by atoms with E-state index >= 15 is 0 Å². The number of halogens is 1. The van der Waals surface area contributed by atoms with Gasteiger partial charge in [-0.25, -0.2) is 4.98 Å². The van der Waals surface area contributed by atoms with E-state index in [2.05, 4.69) is 97.2 Å². The van der Waals surface area contributed by atoms with E-state index in [9.17, 15) is 0 Å². The fourth-order valence-corrected chi connectivity index (χ4v) is 3.95. The van der Waals surface area contributed by atoms with Crippen LogP contribution < -0.4 is 16.0 Å². The van der Waals surface area contributed by atoms with Crippen molar-refractivity contribution >= 4 is 40.2 Å². The van der Waals surface area contributed by atoms with Crippen LogP contribution in [0.1, 0.15) is 25.0 Å². The van der Waals surface area contributed by atoms with Crippen LogP contribution in [-0.2, 0) is 0 Å². The van der Waals surface area contributed by atoms with E-state index in [0.29, 0.717) is 11.1 Å². The summed E-state index contributed by atoms with van der Waals surface area (Å²) in [4.78, 5) is 4.47. The van der Waals surface area contributed by atoms with Crippen molar-refractivity contribution in [2.75, 3.05) is 16.0 Å². The van der Waals surface area contributed by atoms with Gasteiger partial charge in [-0.05, 0) is 68.7 Å². The highest BCUT2D eigenvalue weighted by Crippen LogP contribution is 2.32. The van der Waals surface area contributed by atoms with Crippen molar-refractivity contribution in [2.24, 2.45) is 0 Å². The van der Waals surface area contributed by atoms with E-state index in [0.717, 1.165) is 28.6 Å². The van der Waals surface area contributed by atoms with Gasteiger partial charge in [-0.15, -0.1) is 0 Å². The second-order valence-electron chi connectivity index (χ2n) is 8.54. The SMILES string of the molecule is Cc1cccc(-c2ccc(Nc3cc(Nc4ccccc4NC(C)C)c(Cl)cn3)cc2C)c1. The zero-order valence-corrected chi connectivity index (χ0v) is 20.2. The topological polar surface area (TPSA) is 49.0 Å². The zero-order valence-electron chi connectivity index (χ0n) is 19.4. The average Bonchev–Trinajstić information content (AvgIpc) is 2.77. The lowest BCUT2D eigenvalue weighted by Gasteiger charge is -2.17. The number of hydrogen-bond donors (Lipinski definition) is 3. The van der Waals surface area contributed by atoms with Crippen molar-refractivity contribution < 1.29 is 0 Å². The second-order valence-corrected chi connectivity index (χ2v) is 8.95. The number of aryl methyl sites for hydroxylation is 2. The van der Waals surface area contributed by atoms with Crippen LogP contribution in [0.3, 0.4) is 0 Å². The molecule has 0 aliphatic heterocycles. The highest BCUT2D eigenvalue weighted by molar-refractivity contribution is 6.33. The normalized spacial score (nSPS) is 10.8. The maximum atomic E-state index is 6.46. The molecule has 1 aromatic heterocycles. The van der Waals surface area contributed by atoms with Crippen molar-refractivity contribution in [1.82, 2.24) is 4.98 Å². The molecule has 1 heterocycles. The Labute approximate surface area is 201 Å². The van der Waals surface area contributed by atoms with Gasteiger partial charge in [0.2, 0.25) is 0 Å². The molecule has 33 heavy (non-hydrogen) atoms. The van der Waals surface area contributed by atoms with Crippen molar-refractivity contribution in [2.45, 2.75) is 33.7 Å². The van der Waals surface area contributed by atoms with Gasteiger partial charge in [0.05, 0.1) is 28.3 Å². The van der Waals surface area contributed by atoms with E-state index in [1.54, 1.807) is 6.20 Å². The monoisotopic (exact) mass is 456 g/mol. The Morgan fingerprint density at radius 2 is 1.58 bits per heavy atom. The van der Waals surface area contributed by atoms with Crippen LogP contribution in [0.15, 0.2) is 79.0 Å². The van der Waals surface area contributed by atoms with Crippen LogP contribution in [0.5, 0.6) is 0 Å². The molecule has 0 saturated carbocycles. The molecule has 0 amide bonds. The van der Waals surface area contributed by atoms with Gasteiger partial charge in [-0.2, -0.15) is 0 Å². The van der Waals surface area contributed by atoms with Gasteiger partial charge in [-0.3, -0.25) is 0 Å². The summed E-state index contributed by atoms with van der Waals surface area (Å²) in [5.74, 6) is 0.721. The molecule has 0 atom stereocenters. The molecule has 0 fully saturated rings. The molecule has 0 spiro atoms. The Morgan fingerprint density at radius 1 is 0.788 bits per heavy atom. The van der Waals surface area contributed by atoms with E-state index in [1.165, 1.54) is 22.3 Å². The lowest BCUT2D eigenvalue weighted by atomic mass is 9.98. The molecule has 4 nitrogen and oxygen atoms in total.